The Balaban J connectivity index is 0.000000963. The summed E-state index contributed by atoms with van der Waals surface area (Å²) < 4.78 is 20.4. The zero-order chi connectivity index (χ0) is 10.5. The van der Waals surface area contributed by atoms with Gasteiger partial charge in [0.05, 0.1) is 18.5 Å². The molecule has 1 spiro atoms. The molecule has 0 aliphatic carbocycles. The van der Waals surface area contributed by atoms with E-state index < -0.39 is 6.67 Å². The Labute approximate surface area is 88.9 Å². The number of fused-ring (bicyclic) bond motifs is 2. The second-order valence-electron chi connectivity index (χ2n) is 4.34. The van der Waals surface area contributed by atoms with Crippen LogP contribution in [0, 0.1) is 6.92 Å². The third kappa shape index (κ3) is 1.10. The quantitative estimate of drug-likeness (QED) is 0.749. The lowest BCUT2D eigenvalue weighted by atomic mass is 9.88. The average molecular weight is 213 g/mol. The Hall–Kier alpha value is -0.940. The predicted molar refractivity (Wildman–Crippen MR) is 54.6 cm³/mol. The highest BCUT2D eigenvalue weighted by Crippen LogP contribution is 2.38. The summed E-state index contributed by atoms with van der Waals surface area (Å²) in [5, 5.41) is 7.46. The number of ether oxygens (including phenoxy) is 1. The smallest absolute Gasteiger partial charge is 0.135 e. The molecule has 2 aliphatic heterocycles. The summed E-state index contributed by atoms with van der Waals surface area (Å²) in [6, 6.07) is -0.250. The standard InChI is InChI=1S/C10H14FN3O.H2/c1-7-3-13-14-8(2-11)4-15-10(9(7)14)5-12-6-10;/h3,8,12H,2,4-6H2,1H3;1H/t8-;/m0./s1. The van der Waals surface area contributed by atoms with Crippen molar-refractivity contribution in [2.24, 2.45) is 0 Å². The second kappa shape index (κ2) is 3.02. The van der Waals surface area contributed by atoms with Gasteiger partial charge in [0.2, 0.25) is 0 Å². The highest BCUT2D eigenvalue weighted by atomic mass is 19.1. The first kappa shape index (κ1) is 9.30. The van der Waals surface area contributed by atoms with Crippen LogP contribution in [0.5, 0.6) is 0 Å². The molecule has 0 saturated carbocycles. The fourth-order valence-corrected chi connectivity index (χ4v) is 2.42. The SMILES string of the molecule is Cc1cnn2c1C1(CNC1)OC[C@@H]2CF.[HH]. The van der Waals surface area contributed by atoms with Crippen molar-refractivity contribution in [2.45, 2.75) is 18.6 Å². The average Bonchev–Trinajstić information content (AvgIpc) is 2.58. The molecule has 0 unspecified atom stereocenters. The molecule has 0 amide bonds. The molecule has 1 aromatic rings. The first-order valence-corrected chi connectivity index (χ1v) is 5.22. The summed E-state index contributed by atoms with van der Waals surface area (Å²) in [6.07, 6.45) is 1.80. The fraction of sp³-hybridized carbons (Fsp3) is 0.700. The summed E-state index contributed by atoms with van der Waals surface area (Å²) in [7, 11) is 0. The van der Waals surface area contributed by atoms with Crippen LogP contribution in [0.1, 0.15) is 18.7 Å². The first-order chi connectivity index (χ1) is 7.27. The number of aryl methyl sites for hydroxylation is 1. The highest BCUT2D eigenvalue weighted by molar-refractivity contribution is 5.29. The van der Waals surface area contributed by atoms with Gasteiger partial charge in [-0.15, -0.1) is 0 Å². The van der Waals surface area contributed by atoms with Gasteiger partial charge < -0.3 is 10.1 Å². The van der Waals surface area contributed by atoms with Crippen LogP contribution >= 0.6 is 0 Å². The van der Waals surface area contributed by atoms with Crippen molar-refractivity contribution in [2.75, 3.05) is 26.4 Å². The van der Waals surface area contributed by atoms with Crippen molar-refractivity contribution in [3.8, 4) is 0 Å². The summed E-state index contributed by atoms with van der Waals surface area (Å²) in [5.74, 6) is 0. The molecule has 1 N–H and O–H groups in total. The minimum Gasteiger partial charge on any atom is -0.364 e. The van der Waals surface area contributed by atoms with Gasteiger partial charge in [0, 0.05) is 14.5 Å². The number of nitrogens with one attached hydrogen (secondary N) is 1. The van der Waals surface area contributed by atoms with Crippen molar-refractivity contribution in [3.63, 3.8) is 0 Å². The van der Waals surface area contributed by atoms with E-state index in [0.29, 0.717) is 6.61 Å². The van der Waals surface area contributed by atoms with Crippen LogP contribution < -0.4 is 5.32 Å². The summed E-state index contributed by atoms with van der Waals surface area (Å²) in [5.41, 5.74) is 1.90. The maximum absolute atomic E-state index is 12.8. The molecular formula is C10H16FN3O. The highest BCUT2D eigenvalue weighted by Gasteiger charge is 2.47. The maximum atomic E-state index is 12.8. The number of nitrogens with zero attached hydrogens (tertiary/aromatic N) is 2. The molecule has 5 heteroatoms. The van der Waals surface area contributed by atoms with Crippen LogP contribution in [0.3, 0.4) is 0 Å². The molecule has 0 bridgehead atoms. The van der Waals surface area contributed by atoms with Gasteiger partial charge in [0.25, 0.3) is 0 Å². The van der Waals surface area contributed by atoms with E-state index in [1.165, 1.54) is 0 Å². The fourth-order valence-electron chi connectivity index (χ4n) is 2.42. The van der Waals surface area contributed by atoms with Gasteiger partial charge in [-0.25, -0.2) is 4.39 Å². The Morgan fingerprint density at radius 1 is 1.80 bits per heavy atom. The van der Waals surface area contributed by atoms with Crippen LogP contribution in [-0.4, -0.2) is 36.2 Å². The zero-order valence-corrected chi connectivity index (χ0v) is 8.66. The number of aromatic nitrogens is 2. The molecule has 3 rings (SSSR count). The second-order valence-corrected chi connectivity index (χ2v) is 4.34. The van der Waals surface area contributed by atoms with Crippen LogP contribution in [-0.2, 0) is 10.3 Å². The molecule has 1 fully saturated rings. The number of hydrogen-bond acceptors (Lipinski definition) is 3. The lowest BCUT2D eigenvalue weighted by molar-refractivity contribution is -0.127. The summed E-state index contributed by atoms with van der Waals surface area (Å²) in [4.78, 5) is 0. The van der Waals surface area contributed by atoms with Gasteiger partial charge in [0.1, 0.15) is 18.3 Å². The predicted octanol–water partition coefficient (Wildman–Crippen LogP) is 0.777. The third-order valence-electron chi connectivity index (χ3n) is 3.31. The minimum absolute atomic E-state index is 0. The van der Waals surface area contributed by atoms with E-state index in [0.717, 1.165) is 24.3 Å². The van der Waals surface area contributed by atoms with E-state index >= 15 is 0 Å². The van der Waals surface area contributed by atoms with Crippen molar-refractivity contribution < 1.29 is 10.6 Å². The van der Waals surface area contributed by atoms with Crippen LogP contribution in [0.25, 0.3) is 0 Å². The molecule has 1 saturated heterocycles. The lowest BCUT2D eigenvalue weighted by Gasteiger charge is -2.47. The van der Waals surface area contributed by atoms with Gasteiger partial charge >= 0.3 is 0 Å². The van der Waals surface area contributed by atoms with Gasteiger partial charge in [-0.3, -0.25) is 4.68 Å². The third-order valence-corrected chi connectivity index (χ3v) is 3.31. The Morgan fingerprint density at radius 3 is 3.20 bits per heavy atom. The largest absolute Gasteiger partial charge is 0.364 e. The van der Waals surface area contributed by atoms with E-state index in [1.807, 2.05) is 6.92 Å². The Bertz CT molecular complexity index is 391. The number of rotatable bonds is 1. The summed E-state index contributed by atoms with van der Waals surface area (Å²) >= 11 is 0. The normalized spacial score (nSPS) is 27.5. The number of hydrogen-bond donors (Lipinski definition) is 1. The molecule has 1 aromatic heterocycles. The van der Waals surface area contributed by atoms with Gasteiger partial charge in [-0.1, -0.05) is 0 Å². The molecule has 0 radical (unpaired) electrons. The van der Waals surface area contributed by atoms with E-state index in [2.05, 4.69) is 10.4 Å². The molecule has 3 heterocycles. The van der Waals surface area contributed by atoms with E-state index in [1.54, 1.807) is 10.9 Å². The zero-order valence-electron chi connectivity index (χ0n) is 8.66. The van der Waals surface area contributed by atoms with Gasteiger partial charge in [-0.2, -0.15) is 5.10 Å². The van der Waals surface area contributed by atoms with Crippen LogP contribution in [0.2, 0.25) is 0 Å². The van der Waals surface area contributed by atoms with Crippen molar-refractivity contribution in [1.82, 2.24) is 15.1 Å². The van der Waals surface area contributed by atoms with Crippen LogP contribution in [0.15, 0.2) is 6.20 Å². The van der Waals surface area contributed by atoms with Crippen molar-refractivity contribution in [3.05, 3.63) is 17.5 Å². The minimum atomic E-state index is -0.419. The molecule has 4 nitrogen and oxygen atoms in total. The van der Waals surface area contributed by atoms with Gasteiger partial charge in [-0.05, 0) is 12.5 Å². The first-order valence-electron chi connectivity index (χ1n) is 5.22. The van der Waals surface area contributed by atoms with E-state index in [-0.39, 0.29) is 13.1 Å². The monoisotopic (exact) mass is 213 g/mol. The number of alkyl halides is 1. The van der Waals surface area contributed by atoms with E-state index in [9.17, 15) is 4.39 Å². The van der Waals surface area contributed by atoms with E-state index in [4.69, 9.17) is 4.74 Å². The molecule has 2 aliphatic rings. The van der Waals surface area contributed by atoms with Gasteiger partial charge in [0.15, 0.2) is 0 Å². The maximum Gasteiger partial charge on any atom is 0.135 e. The topological polar surface area (TPSA) is 39.1 Å². The molecule has 84 valence electrons. The molecule has 1 atom stereocenters. The molecule has 15 heavy (non-hydrogen) atoms. The Kier molecular flexibility index (Phi) is 1.87. The van der Waals surface area contributed by atoms with Crippen molar-refractivity contribution >= 4 is 0 Å². The Morgan fingerprint density at radius 2 is 2.60 bits per heavy atom. The van der Waals surface area contributed by atoms with Crippen molar-refractivity contribution in [1.29, 1.82) is 0 Å². The van der Waals surface area contributed by atoms with Crippen LogP contribution in [0.4, 0.5) is 4.39 Å². The lowest BCUT2D eigenvalue weighted by Crippen LogP contribution is -2.62. The molecule has 0 aromatic carbocycles. The number of halogens is 1. The molecular weight excluding hydrogens is 197 g/mol. The summed E-state index contributed by atoms with van der Waals surface area (Å²) in [6.45, 7) is 3.61.